The monoisotopic (exact) mass is 198 g/mol. The molecule has 0 fully saturated rings. The van der Waals surface area contributed by atoms with Crippen molar-refractivity contribution in [3.05, 3.63) is 11.6 Å². The lowest BCUT2D eigenvalue weighted by Crippen LogP contribution is -1.98. The maximum atomic E-state index is 9.05. The Morgan fingerprint density at radius 1 is 1.07 bits per heavy atom. The van der Waals surface area contributed by atoms with E-state index in [0.29, 0.717) is 0 Å². The molecule has 0 aliphatic heterocycles. The summed E-state index contributed by atoms with van der Waals surface area (Å²) in [5.74, 6) is 0. The largest absolute Gasteiger partial charge is 0.393 e. The van der Waals surface area contributed by atoms with E-state index in [2.05, 4.69) is 19.9 Å². The second-order valence-electron chi connectivity index (χ2n) is 4.48. The van der Waals surface area contributed by atoms with E-state index in [1.807, 2.05) is 6.92 Å². The number of hydrogen-bond donors (Lipinski definition) is 1. The lowest BCUT2D eigenvalue weighted by Gasteiger charge is -2.03. The number of unbranched alkanes of at least 4 members (excludes halogenated alkanes) is 5. The number of hydrogen-bond acceptors (Lipinski definition) is 1. The van der Waals surface area contributed by atoms with Crippen LogP contribution in [-0.4, -0.2) is 11.2 Å². The molecule has 0 amide bonds. The minimum Gasteiger partial charge on any atom is -0.393 e. The average molecular weight is 198 g/mol. The fourth-order valence-electron chi connectivity index (χ4n) is 1.51. The van der Waals surface area contributed by atoms with Gasteiger partial charge in [0.05, 0.1) is 6.10 Å². The number of rotatable bonds is 8. The zero-order valence-corrected chi connectivity index (χ0v) is 10.1. The molecule has 0 saturated carbocycles. The van der Waals surface area contributed by atoms with Crippen LogP contribution < -0.4 is 0 Å². The van der Waals surface area contributed by atoms with Crippen LogP contribution in [0.1, 0.15) is 65.7 Å². The second kappa shape index (κ2) is 9.26. The normalized spacial score (nSPS) is 12.6. The maximum Gasteiger partial charge on any atom is 0.0512 e. The Morgan fingerprint density at radius 3 is 2.21 bits per heavy atom. The van der Waals surface area contributed by atoms with Gasteiger partial charge in [0.2, 0.25) is 0 Å². The summed E-state index contributed by atoms with van der Waals surface area (Å²) >= 11 is 0. The molecule has 0 aromatic carbocycles. The zero-order valence-electron chi connectivity index (χ0n) is 10.1. The van der Waals surface area contributed by atoms with E-state index in [0.717, 1.165) is 6.42 Å². The highest BCUT2D eigenvalue weighted by Gasteiger charge is 1.95. The molecular formula is C13H26O. The molecule has 1 heteroatoms. The van der Waals surface area contributed by atoms with Crippen LogP contribution in [0.5, 0.6) is 0 Å². The lowest BCUT2D eigenvalue weighted by atomic mass is 10.1. The first kappa shape index (κ1) is 13.7. The fraction of sp³-hybridized carbons (Fsp3) is 0.846. The molecule has 0 aliphatic rings. The van der Waals surface area contributed by atoms with Crippen LogP contribution >= 0.6 is 0 Å². The molecule has 1 nitrogen and oxygen atoms in total. The van der Waals surface area contributed by atoms with Crippen molar-refractivity contribution in [2.75, 3.05) is 0 Å². The molecule has 0 spiro atoms. The second-order valence-corrected chi connectivity index (χ2v) is 4.48. The van der Waals surface area contributed by atoms with Gasteiger partial charge in [-0.2, -0.15) is 0 Å². The smallest absolute Gasteiger partial charge is 0.0512 e. The minimum atomic E-state index is -0.110. The summed E-state index contributed by atoms with van der Waals surface area (Å²) in [6, 6.07) is 0. The van der Waals surface area contributed by atoms with Crippen LogP contribution in [0.3, 0.4) is 0 Å². The molecule has 0 radical (unpaired) electrons. The van der Waals surface area contributed by atoms with Gasteiger partial charge in [-0.1, -0.05) is 37.3 Å². The minimum absolute atomic E-state index is 0.110. The van der Waals surface area contributed by atoms with Crippen molar-refractivity contribution in [2.24, 2.45) is 0 Å². The summed E-state index contributed by atoms with van der Waals surface area (Å²) in [5, 5.41) is 9.05. The van der Waals surface area contributed by atoms with Gasteiger partial charge in [0.15, 0.2) is 0 Å². The Morgan fingerprint density at radius 2 is 1.64 bits per heavy atom. The van der Waals surface area contributed by atoms with E-state index in [1.54, 1.807) is 0 Å². The predicted octanol–water partition coefficient (Wildman–Crippen LogP) is 4.06. The molecular weight excluding hydrogens is 172 g/mol. The standard InChI is InChI=1S/C13H26O/c1-12(2)10-8-6-4-5-7-9-11-13(3)14/h10,13-14H,4-9,11H2,1-3H3. The Labute approximate surface area is 89.2 Å². The van der Waals surface area contributed by atoms with Gasteiger partial charge in [0.25, 0.3) is 0 Å². The number of allylic oxidation sites excluding steroid dienone is 2. The highest BCUT2D eigenvalue weighted by atomic mass is 16.3. The summed E-state index contributed by atoms with van der Waals surface area (Å²) in [7, 11) is 0. The van der Waals surface area contributed by atoms with E-state index < -0.39 is 0 Å². The molecule has 1 unspecified atom stereocenters. The fourth-order valence-corrected chi connectivity index (χ4v) is 1.51. The molecule has 1 N–H and O–H groups in total. The summed E-state index contributed by atoms with van der Waals surface area (Å²) in [5.41, 5.74) is 1.43. The number of aliphatic hydroxyl groups excluding tert-OH is 1. The van der Waals surface area contributed by atoms with Crippen LogP contribution in [0.25, 0.3) is 0 Å². The Hall–Kier alpha value is -0.300. The maximum absolute atomic E-state index is 9.05. The molecule has 0 aliphatic carbocycles. The van der Waals surface area contributed by atoms with Crippen LogP contribution in [0.15, 0.2) is 11.6 Å². The lowest BCUT2D eigenvalue weighted by molar-refractivity contribution is 0.180. The van der Waals surface area contributed by atoms with E-state index >= 15 is 0 Å². The highest BCUT2D eigenvalue weighted by Crippen LogP contribution is 2.09. The van der Waals surface area contributed by atoms with Crippen molar-refractivity contribution in [1.82, 2.24) is 0 Å². The van der Waals surface area contributed by atoms with Gasteiger partial charge >= 0.3 is 0 Å². The summed E-state index contributed by atoms with van der Waals surface area (Å²) in [4.78, 5) is 0. The van der Waals surface area contributed by atoms with Crippen LogP contribution in [-0.2, 0) is 0 Å². The molecule has 0 bridgehead atoms. The van der Waals surface area contributed by atoms with Crippen LogP contribution in [0.4, 0.5) is 0 Å². The Balaban J connectivity index is 3.03. The van der Waals surface area contributed by atoms with Gasteiger partial charge in [0, 0.05) is 0 Å². The third-order valence-corrected chi connectivity index (χ3v) is 2.38. The molecule has 84 valence electrons. The molecule has 0 saturated heterocycles. The Bertz CT molecular complexity index is 143. The Kier molecular flexibility index (Phi) is 9.06. The van der Waals surface area contributed by atoms with Crippen molar-refractivity contribution in [2.45, 2.75) is 71.8 Å². The van der Waals surface area contributed by atoms with Gasteiger partial charge in [0.1, 0.15) is 0 Å². The van der Waals surface area contributed by atoms with Crippen LogP contribution in [0, 0.1) is 0 Å². The molecule has 0 heterocycles. The summed E-state index contributed by atoms with van der Waals surface area (Å²) < 4.78 is 0. The van der Waals surface area contributed by atoms with E-state index in [-0.39, 0.29) is 6.10 Å². The summed E-state index contributed by atoms with van der Waals surface area (Å²) in [6.07, 6.45) is 10.8. The van der Waals surface area contributed by atoms with Crippen molar-refractivity contribution >= 4 is 0 Å². The number of aliphatic hydroxyl groups is 1. The topological polar surface area (TPSA) is 20.2 Å². The average Bonchev–Trinajstić information content (AvgIpc) is 2.08. The third-order valence-electron chi connectivity index (χ3n) is 2.38. The van der Waals surface area contributed by atoms with Gasteiger partial charge in [-0.25, -0.2) is 0 Å². The third kappa shape index (κ3) is 11.7. The zero-order chi connectivity index (χ0) is 10.8. The highest BCUT2D eigenvalue weighted by molar-refractivity contribution is 4.92. The van der Waals surface area contributed by atoms with Crippen molar-refractivity contribution in [1.29, 1.82) is 0 Å². The van der Waals surface area contributed by atoms with Gasteiger partial charge in [-0.3, -0.25) is 0 Å². The van der Waals surface area contributed by atoms with Crippen molar-refractivity contribution < 1.29 is 5.11 Å². The first-order chi connectivity index (χ1) is 6.63. The molecule has 0 aromatic rings. The first-order valence-corrected chi connectivity index (χ1v) is 5.94. The first-order valence-electron chi connectivity index (χ1n) is 5.94. The van der Waals surface area contributed by atoms with Crippen molar-refractivity contribution in [3.8, 4) is 0 Å². The van der Waals surface area contributed by atoms with Gasteiger partial charge < -0.3 is 5.11 Å². The molecule has 1 atom stereocenters. The summed E-state index contributed by atoms with van der Waals surface area (Å²) in [6.45, 7) is 6.18. The van der Waals surface area contributed by atoms with Crippen LogP contribution in [0.2, 0.25) is 0 Å². The SMILES string of the molecule is CC(C)=CCCCCCCCC(C)O. The molecule has 0 rings (SSSR count). The van der Waals surface area contributed by atoms with Gasteiger partial charge in [-0.15, -0.1) is 0 Å². The van der Waals surface area contributed by atoms with Gasteiger partial charge in [-0.05, 0) is 40.0 Å². The van der Waals surface area contributed by atoms with E-state index in [9.17, 15) is 0 Å². The van der Waals surface area contributed by atoms with Crippen molar-refractivity contribution in [3.63, 3.8) is 0 Å². The molecule has 14 heavy (non-hydrogen) atoms. The quantitative estimate of drug-likeness (QED) is 0.460. The van der Waals surface area contributed by atoms with E-state index in [1.165, 1.54) is 44.1 Å². The predicted molar refractivity (Wildman–Crippen MR) is 63.4 cm³/mol. The molecule has 0 aromatic heterocycles. The van der Waals surface area contributed by atoms with E-state index in [4.69, 9.17) is 5.11 Å².